The van der Waals surface area contributed by atoms with Gasteiger partial charge in [0.25, 0.3) is 5.91 Å². The molecule has 0 fully saturated rings. The molecular formula is C16H17N3O2. The number of rotatable bonds is 4. The van der Waals surface area contributed by atoms with E-state index in [4.69, 9.17) is 5.84 Å². The molecule has 5 heteroatoms. The molecule has 2 aromatic carbocycles. The molecule has 21 heavy (non-hydrogen) atoms. The zero-order valence-corrected chi connectivity index (χ0v) is 11.7. The van der Waals surface area contributed by atoms with Crippen molar-refractivity contribution >= 4 is 17.5 Å². The molecule has 0 heterocycles. The molecule has 0 aliphatic rings. The first-order valence-electron chi connectivity index (χ1n) is 6.55. The van der Waals surface area contributed by atoms with Crippen molar-refractivity contribution in [1.29, 1.82) is 0 Å². The van der Waals surface area contributed by atoms with Crippen molar-refractivity contribution < 1.29 is 9.59 Å². The Hall–Kier alpha value is -2.66. The van der Waals surface area contributed by atoms with Gasteiger partial charge in [-0.05, 0) is 36.8 Å². The van der Waals surface area contributed by atoms with Crippen molar-refractivity contribution in [2.45, 2.75) is 13.3 Å². The molecular weight excluding hydrogens is 266 g/mol. The predicted molar refractivity (Wildman–Crippen MR) is 81.6 cm³/mol. The fraction of sp³-hybridized carbons (Fsp3) is 0.125. The minimum atomic E-state index is -0.258. The molecule has 5 nitrogen and oxygen atoms in total. The van der Waals surface area contributed by atoms with Crippen LogP contribution in [0.3, 0.4) is 0 Å². The minimum Gasteiger partial charge on any atom is -0.322 e. The van der Waals surface area contributed by atoms with E-state index in [9.17, 15) is 9.59 Å². The van der Waals surface area contributed by atoms with Crippen LogP contribution in [0.25, 0.3) is 0 Å². The number of nitrogens with two attached hydrogens (primary N) is 1. The van der Waals surface area contributed by atoms with E-state index in [-0.39, 0.29) is 18.2 Å². The number of anilines is 1. The summed E-state index contributed by atoms with van der Waals surface area (Å²) in [6.07, 6.45) is 0.211. The molecule has 2 aromatic rings. The summed E-state index contributed by atoms with van der Waals surface area (Å²) >= 11 is 0. The Morgan fingerprint density at radius 1 is 1.00 bits per heavy atom. The Labute approximate surface area is 123 Å². The van der Waals surface area contributed by atoms with Gasteiger partial charge in [0.2, 0.25) is 5.91 Å². The summed E-state index contributed by atoms with van der Waals surface area (Å²) in [4.78, 5) is 23.2. The summed E-state index contributed by atoms with van der Waals surface area (Å²) in [5.41, 5.74) is 5.29. The maximum atomic E-state index is 12.0. The molecule has 0 aromatic heterocycles. The highest BCUT2D eigenvalue weighted by atomic mass is 16.2. The van der Waals surface area contributed by atoms with Gasteiger partial charge in [-0.2, -0.15) is 0 Å². The van der Waals surface area contributed by atoms with Crippen LogP contribution in [0.5, 0.6) is 0 Å². The molecule has 0 aliphatic heterocycles. The minimum absolute atomic E-state index is 0.164. The van der Waals surface area contributed by atoms with Crippen LogP contribution in [-0.2, 0) is 11.2 Å². The van der Waals surface area contributed by atoms with Gasteiger partial charge in [0.15, 0.2) is 0 Å². The zero-order valence-electron chi connectivity index (χ0n) is 11.7. The SMILES string of the molecule is Cc1ccc(C(=O)Nc2ccc(CC(=O)NN)cc2)cc1. The van der Waals surface area contributed by atoms with Crippen molar-refractivity contribution in [2.24, 2.45) is 5.84 Å². The van der Waals surface area contributed by atoms with Gasteiger partial charge in [0.05, 0.1) is 6.42 Å². The van der Waals surface area contributed by atoms with Crippen molar-refractivity contribution in [3.05, 3.63) is 65.2 Å². The van der Waals surface area contributed by atoms with Crippen LogP contribution in [0.15, 0.2) is 48.5 Å². The van der Waals surface area contributed by atoms with Crippen LogP contribution in [-0.4, -0.2) is 11.8 Å². The second-order valence-electron chi connectivity index (χ2n) is 4.76. The number of hydrogen-bond acceptors (Lipinski definition) is 3. The number of hydrogen-bond donors (Lipinski definition) is 3. The average molecular weight is 283 g/mol. The highest BCUT2D eigenvalue weighted by Crippen LogP contribution is 2.12. The van der Waals surface area contributed by atoms with Gasteiger partial charge >= 0.3 is 0 Å². The highest BCUT2D eigenvalue weighted by Gasteiger charge is 2.06. The van der Waals surface area contributed by atoms with E-state index in [2.05, 4.69) is 10.7 Å². The lowest BCUT2D eigenvalue weighted by Crippen LogP contribution is -2.31. The molecule has 2 amide bonds. The van der Waals surface area contributed by atoms with Gasteiger partial charge in [0, 0.05) is 11.3 Å². The van der Waals surface area contributed by atoms with Crippen LogP contribution in [0, 0.1) is 6.92 Å². The van der Waals surface area contributed by atoms with Crippen molar-refractivity contribution in [3.8, 4) is 0 Å². The highest BCUT2D eigenvalue weighted by molar-refractivity contribution is 6.04. The Kier molecular flexibility index (Phi) is 4.68. The molecule has 0 spiro atoms. The number of benzene rings is 2. The Bertz CT molecular complexity index is 634. The smallest absolute Gasteiger partial charge is 0.255 e. The van der Waals surface area contributed by atoms with E-state index in [1.54, 1.807) is 36.4 Å². The molecule has 0 saturated carbocycles. The fourth-order valence-electron chi connectivity index (χ4n) is 1.85. The standard InChI is InChI=1S/C16H17N3O2/c1-11-2-6-13(7-3-11)16(21)18-14-8-4-12(5-9-14)10-15(20)19-17/h2-9H,10,17H2,1H3,(H,18,21)(H,19,20). The number of nitrogens with one attached hydrogen (secondary N) is 2. The number of hydrazine groups is 1. The van der Waals surface area contributed by atoms with Gasteiger partial charge in [-0.25, -0.2) is 5.84 Å². The van der Waals surface area contributed by atoms with E-state index >= 15 is 0 Å². The van der Waals surface area contributed by atoms with Gasteiger partial charge < -0.3 is 5.32 Å². The second kappa shape index (κ2) is 6.67. The van der Waals surface area contributed by atoms with E-state index in [1.165, 1.54) is 0 Å². The molecule has 0 bridgehead atoms. The van der Waals surface area contributed by atoms with E-state index in [1.807, 2.05) is 19.1 Å². The largest absolute Gasteiger partial charge is 0.322 e. The maximum absolute atomic E-state index is 12.0. The van der Waals surface area contributed by atoms with Gasteiger partial charge in [0.1, 0.15) is 0 Å². The first-order chi connectivity index (χ1) is 10.1. The molecule has 0 radical (unpaired) electrons. The third kappa shape index (κ3) is 4.15. The van der Waals surface area contributed by atoms with Crippen LogP contribution >= 0.6 is 0 Å². The van der Waals surface area contributed by atoms with E-state index in [0.717, 1.165) is 11.1 Å². The summed E-state index contributed by atoms with van der Waals surface area (Å²) in [6.45, 7) is 1.97. The molecule has 2 rings (SSSR count). The third-order valence-corrected chi connectivity index (χ3v) is 3.05. The Balaban J connectivity index is 2.01. The lowest BCUT2D eigenvalue weighted by molar-refractivity contribution is -0.120. The third-order valence-electron chi connectivity index (χ3n) is 3.05. The van der Waals surface area contributed by atoms with Gasteiger partial charge in [-0.15, -0.1) is 0 Å². The second-order valence-corrected chi connectivity index (χ2v) is 4.76. The quantitative estimate of drug-likeness (QED) is 0.454. The van der Waals surface area contributed by atoms with Crippen LogP contribution in [0.2, 0.25) is 0 Å². The monoisotopic (exact) mass is 283 g/mol. The number of carbonyl (C=O) groups excluding carboxylic acids is 2. The topological polar surface area (TPSA) is 84.2 Å². The first-order valence-corrected chi connectivity index (χ1v) is 6.55. The van der Waals surface area contributed by atoms with Gasteiger partial charge in [-0.1, -0.05) is 29.8 Å². The summed E-state index contributed by atoms with van der Waals surface area (Å²) < 4.78 is 0. The lowest BCUT2D eigenvalue weighted by atomic mass is 10.1. The number of amides is 2. The summed E-state index contributed by atoms with van der Waals surface area (Å²) in [6, 6.07) is 14.4. The summed E-state index contributed by atoms with van der Waals surface area (Å²) in [5.74, 6) is 4.61. The molecule has 0 atom stereocenters. The van der Waals surface area contributed by atoms with Crippen molar-refractivity contribution in [2.75, 3.05) is 5.32 Å². The van der Waals surface area contributed by atoms with Gasteiger partial charge in [-0.3, -0.25) is 15.0 Å². The van der Waals surface area contributed by atoms with Crippen molar-refractivity contribution in [1.82, 2.24) is 5.43 Å². The first kappa shape index (κ1) is 14.7. The molecule has 4 N–H and O–H groups in total. The zero-order chi connectivity index (χ0) is 15.2. The lowest BCUT2D eigenvalue weighted by Gasteiger charge is -2.07. The Morgan fingerprint density at radius 3 is 2.19 bits per heavy atom. The number of aryl methyl sites for hydroxylation is 1. The van der Waals surface area contributed by atoms with Crippen molar-refractivity contribution in [3.63, 3.8) is 0 Å². The number of carbonyl (C=O) groups is 2. The van der Waals surface area contributed by atoms with Crippen LogP contribution < -0.4 is 16.6 Å². The summed E-state index contributed by atoms with van der Waals surface area (Å²) in [5, 5.41) is 2.81. The molecule has 0 unspecified atom stereocenters. The Morgan fingerprint density at radius 2 is 1.62 bits per heavy atom. The molecule has 0 aliphatic carbocycles. The fourth-order valence-corrected chi connectivity index (χ4v) is 1.85. The van der Waals surface area contributed by atoms with Crippen LogP contribution in [0.4, 0.5) is 5.69 Å². The molecule has 0 saturated heterocycles. The average Bonchev–Trinajstić information content (AvgIpc) is 2.49. The summed E-state index contributed by atoms with van der Waals surface area (Å²) in [7, 11) is 0. The normalized spacial score (nSPS) is 10.0. The van der Waals surface area contributed by atoms with E-state index in [0.29, 0.717) is 11.3 Å². The van der Waals surface area contributed by atoms with E-state index < -0.39 is 0 Å². The predicted octanol–water partition coefficient (Wildman–Crippen LogP) is 1.78. The maximum Gasteiger partial charge on any atom is 0.255 e. The van der Waals surface area contributed by atoms with Crippen LogP contribution in [0.1, 0.15) is 21.5 Å². The molecule has 108 valence electrons.